The summed E-state index contributed by atoms with van der Waals surface area (Å²) in [6, 6.07) is 0. The Morgan fingerprint density at radius 3 is 2.30 bits per heavy atom. The van der Waals surface area contributed by atoms with E-state index in [2.05, 4.69) is 34.8 Å². The van der Waals surface area contributed by atoms with Gasteiger partial charge in [0.2, 0.25) is 5.91 Å². The van der Waals surface area contributed by atoms with E-state index in [-0.39, 0.29) is 12.5 Å². The minimum Gasteiger partial charge on any atom is -0.388 e. The van der Waals surface area contributed by atoms with Crippen LogP contribution in [-0.2, 0) is 9.53 Å². The molecule has 0 aliphatic heterocycles. The lowest BCUT2D eigenvalue weighted by Gasteiger charge is -2.28. The molecule has 7 nitrogen and oxygen atoms in total. The second kappa shape index (κ2) is 13.1. The summed E-state index contributed by atoms with van der Waals surface area (Å²) in [5, 5.41) is 19.6. The molecule has 0 aliphatic rings. The Morgan fingerprint density at radius 1 is 1.13 bits per heavy atom. The van der Waals surface area contributed by atoms with Crippen LogP contribution in [-0.4, -0.2) is 62.5 Å². The van der Waals surface area contributed by atoms with Gasteiger partial charge in [-0.15, -0.1) is 0 Å². The van der Waals surface area contributed by atoms with Crippen molar-refractivity contribution in [2.24, 2.45) is 4.99 Å². The van der Waals surface area contributed by atoms with E-state index in [1.807, 2.05) is 6.92 Å². The van der Waals surface area contributed by atoms with Crippen LogP contribution in [0.4, 0.5) is 0 Å². The van der Waals surface area contributed by atoms with Gasteiger partial charge >= 0.3 is 0 Å². The Balaban J connectivity index is 4.47. The highest BCUT2D eigenvalue weighted by Gasteiger charge is 2.24. The molecular formula is C16H34N4O3. The van der Waals surface area contributed by atoms with E-state index in [1.54, 1.807) is 7.11 Å². The first-order valence-electron chi connectivity index (χ1n) is 8.51. The highest BCUT2D eigenvalue weighted by molar-refractivity contribution is 5.84. The zero-order chi connectivity index (χ0) is 17.6. The van der Waals surface area contributed by atoms with E-state index in [1.165, 1.54) is 0 Å². The highest BCUT2D eigenvalue weighted by Crippen LogP contribution is 2.18. The van der Waals surface area contributed by atoms with Crippen molar-refractivity contribution >= 4 is 11.9 Å². The quantitative estimate of drug-likeness (QED) is 0.239. The average Bonchev–Trinajstić information content (AvgIpc) is 2.51. The SMILES string of the molecule is CCCC(O)(CCC)CNC(=NCC(=O)NCCOC)NCC. The molecular weight excluding hydrogens is 296 g/mol. The van der Waals surface area contributed by atoms with Crippen LogP contribution in [0.1, 0.15) is 46.5 Å². The summed E-state index contributed by atoms with van der Waals surface area (Å²) >= 11 is 0. The number of carbonyl (C=O) groups excluding carboxylic acids is 1. The van der Waals surface area contributed by atoms with Crippen LogP contribution in [0, 0.1) is 0 Å². The van der Waals surface area contributed by atoms with Gasteiger partial charge in [-0.25, -0.2) is 4.99 Å². The van der Waals surface area contributed by atoms with Gasteiger partial charge in [0.1, 0.15) is 6.54 Å². The van der Waals surface area contributed by atoms with Crippen molar-refractivity contribution in [2.75, 3.05) is 39.9 Å². The fourth-order valence-corrected chi connectivity index (χ4v) is 2.32. The summed E-state index contributed by atoms with van der Waals surface area (Å²) in [6.07, 6.45) is 3.33. The first-order chi connectivity index (χ1) is 11.0. The van der Waals surface area contributed by atoms with Crippen LogP contribution in [0.5, 0.6) is 0 Å². The number of nitrogens with one attached hydrogen (secondary N) is 3. The summed E-state index contributed by atoms with van der Waals surface area (Å²) in [4.78, 5) is 15.9. The third kappa shape index (κ3) is 10.9. The number of aliphatic imine (C=N–C) groups is 1. The normalized spacial score (nSPS) is 12.1. The van der Waals surface area contributed by atoms with E-state index >= 15 is 0 Å². The number of amides is 1. The molecule has 0 aromatic carbocycles. The first-order valence-corrected chi connectivity index (χ1v) is 8.51. The molecule has 0 bridgehead atoms. The Bertz CT molecular complexity index is 342. The van der Waals surface area contributed by atoms with E-state index in [9.17, 15) is 9.90 Å². The predicted molar refractivity (Wildman–Crippen MR) is 93.6 cm³/mol. The lowest BCUT2D eigenvalue weighted by Crippen LogP contribution is -2.47. The second-order valence-corrected chi connectivity index (χ2v) is 5.62. The van der Waals surface area contributed by atoms with Crippen LogP contribution in [0.25, 0.3) is 0 Å². The van der Waals surface area contributed by atoms with Crippen molar-refractivity contribution < 1.29 is 14.6 Å². The third-order valence-electron chi connectivity index (χ3n) is 3.37. The predicted octanol–water partition coefficient (Wildman–Crippen LogP) is 0.635. The van der Waals surface area contributed by atoms with Gasteiger partial charge in [0, 0.05) is 26.7 Å². The number of methoxy groups -OCH3 is 1. The number of rotatable bonds is 12. The van der Waals surface area contributed by atoms with E-state index in [0.717, 1.165) is 25.7 Å². The van der Waals surface area contributed by atoms with Gasteiger partial charge in [0.05, 0.1) is 12.2 Å². The standard InChI is InChI=1S/C16H34N4O3/c1-5-8-16(22,9-6-2)13-20-15(17-7-3)19-12-14(21)18-10-11-23-4/h22H,5-13H2,1-4H3,(H,18,21)(H2,17,19,20). The smallest absolute Gasteiger partial charge is 0.241 e. The van der Waals surface area contributed by atoms with Gasteiger partial charge in [-0.05, 0) is 19.8 Å². The molecule has 0 radical (unpaired) electrons. The van der Waals surface area contributed by atoms with Gasteiger partial charge in [-0.3, -0.25) is 4.79 Å². The molecule has 0 heterocycles. The Morgan fingerprint density at radius 2 is 1.78 bits per heavy atom. The van der Waals surface area contributed by atoms with Crippen molar-refractivity contribution in [3.63, 3.8) is 0 Å². The molecule has 4 N–H and O–H groups in total. The monoisotopic (exact) mass is 330 g/mol. The molecule has 0 saturated heterocycles. The van der Waals surface area contributed by atoms with Crippen LogP contribution >= 0.6 is 0 Å². The molecule has 0 spiro atoms. The van der Waals surface area contributed by atoms with Crippen molar-refractivity contribution in [1.82, 2.24) is 16.0 Å². The molecule has 0 rings (SSSR count). The zero-order valence-corrected chi connectivity index (χ0v) is 15.1. The number of ether oxygens (including phenoxy) is 1. The van der Waals surface area contributed by atoms with E-state index in [0.29, 0.717) is 32.2 Å². The summed E-state index contributed by atoms with van der Waals surface area (Å²) in [5.41, 5.74) is -0.736. The summed E-state index contributed by atoms with van der Waals surface area (Å²) in [5.74, 6) is 0.386. The maximum absolute atomic E-state index is 11.7. The molecule has 0 unspecified atom stereocenters. The Kier molecular flexibility index (Phi) is 12.4. The minimum absolute atomic E-state index is 0.0407. The van der Waals surface area contributed by atoms with Gasteiger partial charge in [0.25, 0.3) is 0 Å². The fourth-order valence-electron chi connectivity index (χ4n) is 2.32. The number of hydrogen-bond donors (Lipinski definition) is 4. The maximum Gasteiger partial charge on any atom is 0.241 e. The molecule has 0 aromatic rings. The number of carbonyl (C=O) groups is 1. The fraction of sp³-hybridized carbons (Fsp3) is 0.875. The lowest BCUT2D eigenvalue weighted by molar-refractivity contribution is -0.119. The molecule has 7 heteroatoms. The Labute approximate surface area is 140 Å². The number of nitrogens with zero attached hydrogens (tertiary/aromatic N) is 1. The number of hydrogen-bond acceptors (Lipinski definition) is 4. The van der Waals surface area contributed by atoms with E-state index in [4.69, 9.17) is 4.74 Å². The second-order valence-electron chi connectivity index (χ2n) is 5.62. The summed E-state index contributed by atoms with van der Waals surface area (Å²) in [6.45, 7) is 8.19. The molecule has 1 amide bonds. The largest absolute Gasteiger partial charge is 0.388 e. The third-order valence-corrected chi connectivity index (χ3v) is 3.37. The molecule has 136 valence electrons. The summed E-state index contributed by atoms with van der Waals surface area (Å²) < 4.78 is 4.88. The van der Waals surface area contributed by atoms with Crippen molar-refractivity contribution in [2.45, 2.75) is 52.1 Å². The molecule has 0 atom stereocenters. The zero-order valence-electron chi connectivity index (χ0n) is 15.1. The molecule has 0 aliphatic carbocycles. The van der Waals surface area contributed by atoms with Crippen LogP contribution in [0.3, 0.4) is 0 Å². The lowest BCUT2D eigenvalue weighted by atomic mass is 9.93. The van der Waals surface area contributed by atoms with Crippen LogP contribution in [0.2, 0.25) is 0 Å². The van der Waals surface area contributed by atoms with Gasteiger partial charge in [0.15, 0.2) is 5.96 Å². The minimum atomic E-state index is -0.736. The molecule has 23 heavy (non-hydrogen) atoms. The van der Waals surface area contributed by atoms with Crippen molar-refractivity contribution in [3.8, 4) is 0 Å². The van der Waals surface area contributed by atoms with Crippen molar-refractivity contribution in [3.05, 3.63) is 0 Å². The Hall–Kier alpha value is -1.34. The van der Waals surface area contributed by atoms with Gasteiger partial charge in [-0.2, -0.15) is 0 Å². The maximum atomic E-state index is 11.7. The summed E-state index contributed by atoms with van der Waals surface area (Å²) in [7, 11) is 1.59. The van der Waals surface area contributed by atoms with Crippen LogP contribution in [0.15, 0.2) is 4.99 Å². The van der Waals surface area contributed by atoms with Gasteiger partial charge < -0.3 is 25.8 Å². The highest BCUT2D eigenvalue weighted by atomic mass is 16.5. The van der Waals surface area contributed by atoms with E-state index < -0.39 is 5.60 Å². The number of guanidine groups is 1. The van der Waals surface area contributed by atoms with Crippen LogP contribution < -0.4 is 16.0 Å². The molecule has 0 fully saturated rings. The molecule has 0 saturated carbocycles. The van der Waals surface area contributed by atoms with Gasteiger partial charge in [-0.1, -0.05) is 26.7 Å². The molecule has 0 aromatic heterocycles. The topological polar surface area (TPSA) is 95.0 Å². The van der Waals surface area contributed by atoms with Crippen molar-refractivity contribution in [1.29, 1.82) is 0 Å². The average molecular weight is 330 g/mol. The first kappa shape index (κ1) is 21.7. The number of aliphatic hydroxyl groups is 1.